The second kappa shape index (κ2) is 6.63. The third-order valence-corrected chi connectivity index (χ3v) is 5.94. The second-order valence-corrected chi connectivity index (χ2v) is 7.47. The lowest BCUT2D eigenvalue weighted by atomic mass is 9.55. The number of rotatable bonds is 3. The van der Waals surface area contributed by atoms with E-state index < -0.39 is 5.41 Å². The van der Waals surface area contributed by atoms with E-state index in [9.17, 15) is 4.79 Å². The van der Waals surface area contributed by atoms with E-state index in [1.807, 2.05) is 0 Å². The molecule has 3 fully saturated rings. The van der Waals surface area contributed by atoms with E-state index in [1.54, 1.807) is 0 Å². The maximum absolute atomic E-state index is 12.8. The van der Waals surface area contributed by atoms with E-state index in [1.165, 1.54) is 0 Å². The lowest BCUT2D eigenvalue weighted by Gasteiger charge is -2.60. The van der Waals surface area contributed by atoms with Crippen LogP contribution in [0, 0.1) is 16.7 Å². The highest BCUT2D eigenvalue weighted by atomic mass is 35.5. The maximum Gasteiger partial charge on any atom is 0.227 e. The van der Waals surface area contributed by atoms with Gasteiger partial charge in [0.1, 0.15) is 0 Å². The van der Waals surface area contributed by atoms with Crippen molar-refractivity contribution in [2.24, 2.45) is 22.5 Å². The molecule has 0 bridgehead atoms. The number of amides is 1. The molecular weight excluding hydrogens is 304 g/mol. The Morgan fingerprint density at radius 2 is 1.95 bits per heavy atom. The third-order valence-electron chi connectivity index (χ3n) is 5.94. The molecule has 3 aliphatic rings. The highest BCUT2D eigenvalue weighted by Gasteiger charge is 2.59. The minimum Gasteiger partial charge on any atom is -0.381 e. The Hall–Kier alpha value is -0.360. The Morgan fingerprint density at radius 1 is 1.27 bits per heavy atom. The average Bonchev–Trinajstić information content (AvgIpc) is 2.53. The van der Waals surface area contributed by atoms with Gasteiger partial charge in [0.15, 0.2) is 0 Å². The van der Waals surface area contributed by atoms with Crippen LogP contribution in [0.5, 0.6) is 0 Å². The van der Waals surface area contributed by atoms with Gasteiger partial charge in [-0.2, -0.15) is 0 Å². The fourth-order valence-corrected chi connectivity index (χ4v) is 4.40. The smallest absolute Gasteiger partial charge is 0.227 e. The molecule has 3 unspecified atom stereocenters. The van der Waals surface area contributed by atoms with E-state index in [4.69, 9.17) is 15.2 Å². The van der Waals surface area contributed by atoms with Gasteiger partial charge in [0.2, 0.25) is 5.91 Å². The molecule has 0 aromatic rings. The fraction of sp³-hybridized carbons (Fsp3) is 0.938. The first kappa shape index (κ1) is 18.0. The quantitative estimate of drug-likeness (QED) is 0.821. The number of ether oxygens (including phenoxy) is 2. The zero-order chi connectivity index (χ0) is 15.1. The minimum atomic E-state index is -0.436. The van der Waals surface area contributed by atoms with Crippen molar-refractivity contribution >= 4 is 18.3 Å². The molecule has 3 N–H and O–H groups in total. The van der Waals surface area contributed by atoms with Crippen molar-refractivity contribution in [3.05, 3.63) is 0 Å². The molecule has 0 aromatic carbocycles. The molecule has 0 radical (unpaired) electrons. The van der Waals surface area contributed by atoms with Crippen LogP contribution in [-0.2, 0) is 14.3 Å². The van der Waals surface area contributed by atoms with Crippen LogP contribution in [0.1, 0.15) is 39.5 Å². The molecule has 1 saturated carbocycles. The summed E-state index contributed by atoms with van der Waals surface area (Å²) in [5, 5.41) is 3.31. The van der Waals surface area contributed by atoms with Crippen molar-refractivity contribution in [1.82, 2.24) is 5.32 Å². The number of fused-ring (bicyclic) bond motifs is 1. The minimum absolute atomic E-state index is 0. The van der Waals surface area contributed by atoms with Crippen LogP contribution in [0.3, 0.4) is 0 Å². The maximum atomic E-state index is 12.8. The largest absolute Gasteiger partial charge is 0.381 e. The molecule has 5 nitrogen and oxygen atoms in total. The number of halogens is 1. The molecule has 6 heteroatoms. The van der Waals surface area contributed by atoms with Gasteiger partial charge >= 0.3 is 0 Å². The van der Waals surface area contributed by atoms with Crippen LogP contribution < -0.4 is 11.1 Å². The van der Waals surface area contributed by atoms with Gasteiger partial charge in [-0.3, -0.25) is 4.79 Å². The number of hydrogen-bond acceptors (Lipinski definition) is 4. The fourth-order valence-electron chi connectivity index (χ4n) is 4.40. The van der Waals surface area contributed by atoms with E-state index >= 15 is 0 Å². The molecule has 0 aromatic heterocycles. The van der Waals surface area contributed by atoms with Crippen LogP contribution in [0.4, 0.5) is 0 Å². The van der Waals surface area contributed by atoms with Gasteiger partial charge in [0, 0.05) is 43.7 Å². The molecular formula is C16H29ClN2O3. The van der Waals surface area contributed by atoms with Gasteiger partial charge in [-0.15, -0.1) is 12.4 Å². The molecule has 0 spiro atoms. The standard InChI is InChI=1S/C16H28N2O3.ClH/c1-15(2)12(11-4-3-7-21-13(11)15)18-14(19)16(10-17)5-8-20-9-6-16;/h11-13H,3-10,17H2,1-2H3,(H,18,19);1H. The summed E-state index contributed by atoms with van der Waals surface area (Å²) in [6.07, 6.45) is 4.00. The number of hydrogen-bond donors (Lipinski definition) is 2. The summed E-state index contributed by atoms with van der Waals surface area (Å²) in [6.45, 7) is 6.92. The summed E-state index contributed by atoms with van der Waals surface area (Å²) >= 11 is 0. The number of nitrogens with one attached hydrogen (secondary N) is 1. The molecule has 2 saturated heterocycles. The van der Waals surface area contributed by atoms with Crippen molar-refractivity contribution in [2.75, 3.05) is 26.4 Å². The highest BCUT2D eigenvalue weighted by Crippen LogP contribution is 2.51. The van der Waals surface area contributed by atoms with Gasteiger partial charge in [0.05, 0.1) is 11.5 Å². The van der Waals surface area contributed by atoms with E-state index in [0.717, 1.165) is 32.3 Å². The van der Waals surface area contributed by atoms with Gasteiger partial charge < -0.3 is 20.5 Å². The predicted octanol–water partition coefficient (Wildman–Crippen LogP) is 1.48. The highest BCUT2D eigenvalue weighted by molar-refractivity contribution is 5.85. The Bertz CT molecular complexity index is 410. The van der Waals surface area contributed by atoms with Crippen LogP contribution in [-0.4, -0.2) is 44.4 Å². The molecule has 128 valence electrons. The Balaban J connectivity index is 0.00000176. The molecule has 2 heterocycles. The van der Waals surface area contributed by atoms with Gasteiger partial charge in [-0.25, -0.2) is 0 Å². The van der Waals surface area contributed by atoms with Crippen molar-refractivity contribution in [3.63, 3.8) is 0 Å². The van der Waals surface area contributed by atoms with Crippen LogP contribution in [0.15, 0.2) is 0 Å². The predicted molar refractivity (Wildman–Crippen MR) is 87.0 cm³/mol. The van der Waals surface area contributed by atoms with E-state index in [2.05, 4.69) is 19.2 Å². The average molecular weight is 333 g/mol. The zero-order valence-corrected chi connectivity index (χ0v) is 14.4. The Labute approximate surface area is 139 Å². The molecule has 3 atom stereocenters. The molecule has 1 amide bonds. The monoisotopic (exact) mass is 332 g/mol. The summed E-state index contributed by atoms with van der Waals surface area (Å²) in [7, 11) is 0. The first-order valence-electron chi connectivity index (χ1n) is 8.22. The van der Waals surface area contributed by atoms with Crippen molar-refractivity contribution < 1.29 is 14.3 Å². The van der Waals surface area contributed by atoms with Gasteiger partial charge in [-0.05, 0) is 25.7 Å². The summed E-state index contributed by atoms with van der Waals surface area (Å²) in [4.78, 5) is 12.8. The van der Waals surface area contributed by atoms with Crippen molar-refractivity contribution in [2.45, 2.75) is 51.7 Å². The van der Waals surface area contributed by atoms with Crippen LogP contribution in [0.25, 0.3) is 0 Å². The Kier molecular flexibility index (Phi) is 5.42. The second-order valence-electron chi connectivity index (χ2n) is 7.47. The summed E-state index contributed by atoms with van der Waals surface area (Å²) < 4.78 is 11.3. The molecule has 1 aliphatic carbocycles. The first-order chi connectivity index (χ1) is 10.0. The molecule has 22 heavy (non-hydrogen) atoms. The summed E-state index contributed by atoms with van der Waals surface area (Å²) in [5.74, 6) is 0.586. The summed E-state index contributed by atoms with van der Waals surface area (Å²) in [5.41, 5.74) is 5.51. The van der Waals surface area contributed by atoms with Crippen LogP contribution in [0.2, 0.25) is 0 Å². The normalized spacial score (nSPS) is 35.5. The van der Waals surface area contributed by atoms with Gasteiger partial charge in [-0.1, -0.05) is 13.8 Å². The van der Waals surface area contributed by atoms with Gasteiger partial charge in [0.25, 0.3) is 0 Å². The molecule has 2 aliphatic heterocycles. The number of nitrogens with two attached hydrogens (primary N) is 1. The van der Waals surface area contributed by atoms with E-state index in [0.29, 0.717) is 31.8 Å². The topological polar surface area (TPSA) is 73.6 Å². The number of carbonyl (C=O) groups excluding carboxylic acids is 1. The third kappa shape index (κ3) is 2.77. The molecule has 3 rings (SSSR count). The zero-order valence-electron chi connectivity index (χ0n) is 13.6. The Morgan fingerprint density at radius 3 is 2.59 bits per heavy atom. The summed E-state index contributed by atoms with van der Waals surface area (Å²) in [6, 6.07) is 0.210. The van der Waals surface area contributed by atoms with Crippen molar-refractivity contribution in [1.29, 1.82) is 0 Å². The SMILES string of the molecule is CC1(C)C(NC(=O)C2(CN)CCOCC2)C2CCCOC21.Cl. The number of carbonyl (C=O) groups is 1. The lowest BCUT2D eigenvalue weighted by molar-refractivity contribution is -0.196. The van der Waals surface area contributed by atoms with Crippen molar-refractivity contribution in [3.8, 4) is 0 Å². The van der Waals surface area contributed by atoms with E-state index in [-0.39, 0.29) is 29.8 Å². The lowest BCUT2D eigenvalue weighted by Crippen LogP contribution is -2.71. The first-order valence-corrected chi connectivity index (χ1v) is 8.22. The van der Waals surface area contributed by atoms with Crippen LogP contribution >= 0.6 is 12.4 Å².